The van der Waals surface area contributed by atoms with Crippen LogP contribution in [0.1, 0.15) is 33.6 Å². The second kappa shape index (κ2) is 3.65. The number of hydrogen-bond acceptors (Lipinski definition) is 4. The Morgan fingerprint density at radius 3 is 2.61 bits per heavy atom. The van der Waals surface area contributed by atoms with E-state index in [1.807, 2.05) is 20.8 Å². The van der Waals surface area contributed by atoms with E-state index < -0.39 is 28.8 Å². The van der Waals surface area contributed by atoms with Crippen molar-refractivity contribution in [1.82, 2.24) is 0 Å². The van der Waals surface area contributed by atoms with Crippen molar-refractivity contribution in [3.8, 4) is 0 Å². The number of carbonyl (C=O) groups excluding carboxylic acids is 1. The molecular formula is C12H17F2NO3. The fraction of sp³-hybridized carbons (Fsp3) is 0.833. The molecule has 2 atom stereocenters. The Kier molecular flexibility index (Phi) is 2.68. The average molecular weight is 261 g/mol. The molecule has 1 heterocycles. The van der Waals surface area contributed by atoms with Crippen LogP contribution < -0.4 is 0 Å². The molecule has 0 radical (unpaired) electrons. The topological polar surface area (TPSA) is 47.9 Å². The van der Waals surface area contributed by atoms with Gasteiger partial charge in [0.1, 0.15) is 0 Å². The third-order valence-electron chi connectivity index (χ3n) is 3.66. The molecule has 1 aliphatic carbocycles. The summed E-state index contributed by atoms with van der Waals surface area (Å²) in [4.78, 5) is 16.7. The predicted octanol–water partition coefficient (Wildman–Crippen LogP) is 2.38. The molecule has 0 aromatic rings. The molecule has 0 saturated heterocycles. The fourth-order valence-electron chi connectivity index (χ4n) is 2.75. The third-order valence-corrected chi connectivity index (χ3v) is 3.66. The van der Waals surface area contributed by atoms with Crippen LogP contribution in [0.15, 0.2) is 5.16 Å². The number of esters is 1. The molecule has 6 heteroatoms. The van der Waals surface area contributed by atoms with Crippen molar-refractivity contribution in [2.75, 3.05) is 7.11 Å². The Morgan fingerprint density at radius 1 is 1.50 bits per heavy atom. The number of oxime groups is 1. The number of methoxy groups -OCH3 is 1. The molecule has 1 fully saturated rings. The van der Waals surface area contributed by atoms with E-state index in [2.05, 4.69) is 9.89 Å². The number of ether oxygens (including phenoxy) is 1. The molecule has 4 nitrogen and oxygen atoms in total. The molecule has 2 aliphatic rings. The van der Waals surface area contributed by atoms with Crippen molar-refractivity contribution in [2.45, 2.75) is 45.1 Å². The summed E-state index contributed by atoms with van der Waals surface area (Å²) in [6.45, 7) is 5.58. The van der Waals surface area contributed by atoms with Crippen molar-refractivity contribution in [1.29, 1.82) is 0 Å². The summed E-state index contributed by atoms with van der Waals surface area (Å²) in [6.07, 6.45) is -0.208. The van der Waals surface area contributed by atoms with Gasteiger partial charge in [0.15, 0.2) is 0 Å². The smallest absolute Gasteiger partial charge is 0.360 e. The number of nitrogens with zero attached hydrogens (tertiary/aromatic N) is 1. The highest BCUT2D eigenvalue weighted by Gasteiger charge is 2.75. The van der Waals surface area contributed by atoms with E-state index >= 15 is 0 Å². The Hall–Kier alpha value is -1.20. The third kappa shape index (κ3) is 1.47. The first kappa shape index (κ1) is 13.2. The maximum Gasteiger partial charge on any atom is 0.360 e. The Morgan fingerprint density at radius 2 is 2.11 bits per heavy atom. The lowest BCUT2D eigenvalue weighted by atomic mass is 9.76. The monoisotopic (exact) mass is 261 g/mol. The summed E-state index contributed by atoms with van der Waals surface area (Å²) in [7, 11) is 1.08. The second-order valence-electron chi connectivity index (χ2n) is 5.84. The lowest BCUT2D eigenvalue weighted by Crippen LogP contribution is -2.56. The van der Waals surface area contributed by atoms with Crippen molar-refractivity contribution in [3.05, 3.63) is 0 Å². The first-order valence-electron chi connectivity index (χ1n) is 5.89. The number of alkyl halides is 2. The van der Waals surface area contributed by atoms with Gasteiger partial charge in [-0.2, -0.15) is 0 Å². The number of carbonyl (C=O) groups is 1. The minimum atomic E-state index is -3.25. The molecule has 0 aromatic carbocycles. The van der Waals surface area contributed by atoms with Crippen LogP contribution in [-0.4, -0.2) is 30.3 Å². The highest BCUT2D eigenvalue weighted by molar-refractivity contribution is 6.00. The van der Waals surface area contributed by atoms with E-state index in [1.165, 1.54) is 0 Å². The van der Waals surface area contributed by atoms with Gasteiger partial charge >= 0.3 is 17.5 Å². The van der Waals surface area contributed by atoms with E-state index in [4.69, 9.17) is 4.84 Å². The van der Waals surface area contributed by atoms with Crippen LogP contribution in [0.5, 0.6) is 0 Å². The summed E-state index contributed by atoms with van der Waals surface area (Å²) in [5.41, 5.74) is -2.17. The number of hydrogen-bond donors (Lipinski definition) is 0. The highest BCUT2D eigenvalue weighted by Crippen LogP contribution is 2.55. The molecule has 18 heavy (non-hydrogen) atoms. The van der Waals surface area contributed by atoms with Crippen molar-refractivity contribution >= 4 is 11.7 Å². The van der Waals surface area contributed by atoms with Crippen LogP contribution in [0.2, 0.25) is 0 Å². The molecule has 0 amide bonds. The van der Waals surface area contributed by atoms with Crippen LogP contribution in [0, 0.1) is 11.3 Å². The predicted molar refractivity (Wildman–Crippen MR) is 60.4 cm³/mol. The van der Waals surface area contributed by atoms with Crippen molar-refractivity contribution < 1.29 is 23.1 Å². The molecule has 0 N–H and O–H groups in total. The fourth-order valence-corrected chi connectivity index (χ4v) is 2.75. The van der Waals surface area contributed by atoms with Gasteiger partial charge in [0, 0.05) is 11.8 Å². The molecule has 0 spiro atoms. The number of halogens is 2. The Balaban J connectivity index is 2.46. The zero-order chi connectivity index (χ0) is 13.8. The summed E-state index contributed by atoms with van der Waals surface area (Å²) in [6, 6.07) is 0. The summed E-state index contributed by atoms with van der Waals surface area (Å²) in [5.74, 6) is -5.00. The van der Waals surface area contributed by atoms with Crippen LogP contribution in [0.4, 0.5) is 8.78 Å². The quantitative estimate of drug-likeness (QED) is 0.681. The molecular weight excluding hydrogens is 244 g/mol. The molecule has 1 aliphatic heterocycles. The second-order valence-corrected chi connectivity index (χ2v) is 5.84. The van der Waals surface area contributed by atoms with E-state index in [0.717, 1.165) is 7.11 Å². The van der Waals surface area contributed by atoms with E-state index in [1.54, 1.807) is 0 Å². The zero-order valence-corrected chi connectivity index (χ0v) is 10.9. The van der Waals surface area contributed by atoms with Gasteiger partial charge in [0.25, 0.3) is 0 Å². The first-order valence-corrected chi connectivity index (χ1v) is 5.89. The Labute approximate surface area is 104 Å². The normalized spacial score (nSPS) is 33.7. The van der Waals surface area contributed by atoms with Gasteiger partial charge in [0.2, 0.25) is 0 Å². The molecule has 2 rings (SSSR count). The van der Waals surface area contributed by atoms with Gasteiger partial charge in [-0.15, -0.1) is 0 Å². The minimum Gasteiger partial charge on any atom is -0.466 e. The van der Waals surface area contributed by atoms with Crippen molar-refractivity contribution in [2.24, 2.45) is 16.5 Å². The zero-order valence-electron chi connectivity index (χ0n) is 10.9. The summed E-state index contributed by atoms with van der Waals surface area (Å²) >= 11 is 0. The van der Waals surface area contributed by atoms with E-state index in [-0.39, 0.29) is 12.8 Å². The maximum absolute atomic E-state index is 14.1. The Bertz CT molecular complexity index is 414. The first-order chi connectivity index (χ1) is 8.17. The van der Waals surface area contributed by atoms with Crippen LogP contribution in [0.3, 0.4) is 0 Å². The van der Waals surface area contributed by atoms with E-state index in [0.29, 0.717) is 5.71 Å². The van der Waals surface area contributed by atoms with Crippen LogP contribution >= 0.6 is 0 Å². The summed E-state index contributed by atoms with van der Waals surface area (Å²) < 4.78 is 32.6. The molecule has 2 unspecified atom stereocenters. The molecule has 0 bridgehead atoms. The molecule has 0 aromatic heterocycles. The van der Waals surface area contributed by atoms with Gasteiger partial charge in [-0.05, 0) is 6.42 Å². The van der Waals surface area contributed by atoms with Crippen molar-refractivity contribution in [3.63, 3.8) is 0 Å². The standard InChI is InChI=1S/C12H17F2NO3/c1-10(2,3)8-7-5-6-11(13,14)12(7,18-15-8)9(16)17-4/h7H,5-6H2,1-4H3. The largest absolute Gasteiger partial charge is 0.466 e. The van der Waals surface area contributed by atoms with Crippen LogP contribution in [0.25, 0.3) is 0 Å². The molecule has 102 valence electrons. The highest BCUT2D eigenvalue weighted by atomic mass is 19.3. The number of rotatable bonds is 1. The van der Waals surface area contributed by atoms with Gasteiger partial charge in [-0.1, -0.05) is 25.9 Å². The lowest BCUT2D eigenvalue weighted by Gasteiger charge is -2.30. The summed E-state index contributed by atoms with van der Waals surface area (Å²) in [5, 5.41) is 3.76. The SMILES string of the molecule is COC(=O)C12ON=C(C(C)(C)C)C1CCC2(F)F. The van der Waals surface area contributed by atoms with Gasteiger partial charge in [-0.25, -0.2) is 13.6 Å². The van der Waals surface area contributed by atoms with Gasteiger partial charge < -0.3 is 9.57 Å². The minimum absolute atomic E-state index is 0.179. The van der Waals surface area contributed by atoms with Gasteiger partial charge in [0.05, 0.1) is 18.7 Å². The molecule has 1 saturated carbocycles. The average Bonchev–Trinajstić information content (AvgIpc) is 2.75. The number of fused-ring (bicyclic) bond motifs is 1. The van der Waals surface area contributed by atoms with E-state index in [9.17, 15) is 13.6 Å². The maximum atomic E-state index is 14.1. The lowest BCUT2D eigenvalue weighted by molar-refractivity contribution is -0.213. The van der Waals surface area contributed by atoms with Gasteiger partial charge in [-0.3, -0.25) is 0 Å². The van der Waals surface area contributed by atoms with Crippen LogP contribution in [-0.2, 0) is 14.4 Å².